The topological polar surface area (TPSA) is 61.4 Å². The fraction of sp³-hybridized carbons (Fsp3) is 0.929. The highest BCUT2D eigenvalue weighted by Gasteiger charge is 2.42. The number of amides is 1. The van der Waals surface area contributed by atoms with Gasteiger partial charge in [0.2, 0.25) is 5.91 Å². The Balaban J connectivity index is 1.87. The number of carbonyl (C=O) groups excluding carboxylic acids is 1. The molecule has 18 heavy (non-hydrogen) atoms. The molecule has 0 aromatic heterocycles. The Kier molecular flexibility index (Phi) is 4.62. The molecule has 1 saturated heterocycles. The van der Waals surface area contributed by atoms with E-state index in [1.54, 1.807) is 0 Å². The monoisotopic (exact) mass is 254 g/mol. The third kappa shape index (κ3) is 3.04. The Labute approximate surface area is 110 Å². The Morgan fingerprint density at radius 1 is 1.44 bits per heavy atom. The van der Waals surface area contributed by atoms with Gasteiger partial charge in [-0.25, -0.2) is 0 Å². The van der Waals surface area contributed by atoms with Gasteiger partial charge in [-0.2, -0.15) is 0 Å². The molecule has 4 heteroatoms. The highest BCUT2D eigenvalue weighted by atomic mass is 16.3. The van der Waals surface area contributed by atoms with Crippen LogP contribution in [0, 0.1) is 17.8 Å². The van der Waals surface area contributed by atoms with E-state index in [2.05, 4.69) is 24.5 Å². The summed E-state index contributed by atoms with van der Waals surface area (Å²) >= 11 is 0. The zero-order valence-electron chi connectivity index (χ0n) is 11.5. The molecule has 3 N–H and O–H groups in total. The first-order valence-corrected chi connectivity index (χ1v) is 7.26. The summed E-state index contributed by atoms with van der Waals surface area (Å²) in [6.45, 7) is 5.23. The number of hydrogen-bond donors (Lipinski definition) is 3. The third-order valence-corrected chi connectivity index (χ3v) is 4.35. The molecule has 0 radical (unpaired) electrons. The molecule has 1 heterocycles. The molecular weight excluding hydrogens is 228 g/mol. The molecule has 0 spiro atoms. The van der Waals surface area contributed by atoms with Gasteiger partial charge in [0.25, 0.3) is 0 Å². The van der Waals surface area contributed by atoms with Crippen LogP contribution in [0.1, 0.15) is 39.5 Å². The van der Waals surface area contributed by atoms with Gasteiger partial charge in [-0.15, -0.1) is 0 Å². The summed E-state index contributed by atoms with van der Waals surface area (Å²) in [5.41, 5.74) is 0. The maximum atomic E-state index is 12.3. The summed E-state index contributed by atoms with van der Waals surface area (Å²) in [6.07, 6.45) is 4.53. The molecule has 104 valence electrons. The number of fused-ring (bicyclic) bond motifs is 1. The maximum Gasteiger partial charge on any atom is 0.237 e. The van der Waals surface area contributed by atoms with Crippen molar-refractivity contribution in [2.45, 2.75) is 51.6 Å². The molecule has 4 nitrogen and oxygen atoms in total. The van der Waals surface area contributed by atoms with Crippen molar-refractivity contribution in [1.29, 1.82) is 0 Å². The lowest BCUT2D eigenvalue weighted by Gasteiger charge is -2.23. The quantitative estimate of drug-likeness (QED) is 0.683. The van der Waals surface area contributed by atoms with Crippen LogP contribution in [0.2, 0.25) is 0 Å². The number of rotatable bonds is 5. The van der Waals surface area contributed by atoms with Gasteiger partial charge in [0, 0.05) is 0 Å². The van der Waals surface area contributed by atoms with E-state index in [1.807, 2.05) is 0 Å². The summed E-state index contributed by atoms with van der Waals surface area (Å²) in [5.74, 6) is 1.78. The minimum atomic E-state index is -0.0975. The van der Waals surface area contributed by atoms with E-state index in [0.29, 0.717) is 17.8 Å². The summed E-state index contributed by atoms with van der Waals surface area (Å²) < 4.78 is 0. The third-order valence-electron chi connectivity index (χ3n) is 4.35. The van der Waals surface area contributed by atoms with Crippen molar-refractivity contribution >= 4 is 5.91 Å². The van der Waals surface area contributed by atoms with Crippen LogP contribution in [-0.2, 0) is 4.79 Å². The van der Waals surface area contributed by atoms with Crippen LogP contribution < -0.4 is 10.6 Å². The predicted octanol–water partition coefficient (Wildman–Crippen LogP) is 0.898. The molecule has 1 saturated carbocycles. The van der Waals surface area contributed by atoms with Crippen molar-refractivity contribution < 1.29 is 9.90 Å². The summed E-state index contributed by atoms with van der Waals surface area (Å²) in [5, 5.41) is 15.7. The molecular formula is C14H26N2O2. The number of hydrogen-bond acceptors (Lipinski definition) is 3. The molecule has 2 fully saturated rings. The fourth-order valence-corrected chi connectivity index (χ4v) is 3.51. The lowest BCUT2D eigenvalue weighted by Crippen LogP contribution is -2.49. The van der Waals surface area contributed by atoms with Crippen LogP contribution in [0.4, 0.5) is 0 Å². The van der Waals surface area contributed by atoms with Gasteiger partial charge < -0.3 is 15.7 Å². The van der Waals surface area contributed by atoms with E-state index in [-0.39, 0.29) is 24.6 Å². The average molecular weight is 254 g/mol. The molecule has 0 bridgehead atoms. The van der Waals surface area contributed by atoms with Crippen molar-refractivity contribution in [1.82, 2.24) is 10.6 Å². The second-order valence-electron chi connectivity index (χ2n) is 6.26. The van der Waals surface area contributed by atoms with Crippen LogP contribution in [0.25, 0.3) is 0 Å². The van der Waals surface area contributed by atoms with Crippen molar-refractivity contribution in [2.24, 2.45) is 17.8 Å². The zero-order chi connectivity index (χ0) is 13.1. The minimum Gasteiger partial charge on any atom is -0.394 e. The number of carbonyl (C=O) groups is 1. The molecule has 0 aromatic rings. The smallest absolute Gasteiger partial charge is 0.237 e. The van der Waals surface area contributed by atoms with Crippen LogP contribution in [0.3, 0.4) is 0 Å². The van der Waals surface area contributed by atoms with E-state index in [4.69, 9.17) is 0 Å². The lowest BCUT2D eigenvalue weighted by atomic mass is 9.93. The first-order valence-electron chi connectivity index (χ1n) is 7.26. The first kappa shape index (κ1) is 13.8. The standard InChI is InChI=1S/C14H26N2O2/c1-9(2)6-11(8-17)16-14(18)13-12-5-3-4-10(12)7-15-13/h9-13,15,17H,3-8H2,1-2H3,(H,16,18). The molecule has 1 amide bonds. The van der Waals surface area contributed by atoms with Crippen molar-refractivity contribution in [3.63, 3.8) is 0 Å². The van der Waals surface area contributed by atoms with E-state index >= 15 is 0 Å². The van der Waals surface area contributed by atoms with Crippen molar-refractivity contribution in [2.75, 3.05) is 13.2 Å². The molecule has 2 rings (SSSR count). The zero-order valence-corrected chi connectivity index (χ0v) is 11.5. The van der Waals surface area contributed by atoms with Crippen LogP contribution in [-0.4, -0.2) is 36.2 Å². The highest BCUT2D eigenvalue weighted by molar-refractivity contribution is 5.82. The maximum absolute atomic E-state index is 12.3. The second kappa shape index (κ2) is 6.02. The van der Waals surface area contributed by atoms with Crippen LogP contribution in [0.15, 0.2) is 0 Å². The highest BCUT2D eigenvalue weighted by Crippen LogP contribution is 2.37. The largest absolute Gasteiger partial charge is 0.394 e. The normalized spacial score (nSPS) is 32.6. The number of aliphatic hydroxyl groups excluding tert-OH is 1. The Morgan fingerprint density at radius 2 is 2.22 bits per heavy atom. The van der Waals surface area contributed by atoms with E-state index in [0.717, 1.165) is 13.0 Å². The summed E-state index contributed by atoms with van der Waals surface area (Å²) in [4.78, 5) is 12.3. The van der Waals surface area contributed by atoms with Gasteiger partial charge in [-0.3, -0.25) is 4.79 Å². The lowest BCUT2D eigenvalue weighted by molar-refractivity contribution is -0.124. The summed E-state index contributed by atoms with van der Waals surface area (Å²) in [6, 6.07) is -0.126. The SMILES string of the molecule is CC(C)CC(CO)NC(=O)C1NCC2CCCC21. The van der Waals surface area contributed by atoms with Crippen molar-refractivity contribution in [3.05, 3.63) is 0 Å². The molecule has 4 atom stereocenters. The van der Waals surface area contributed by atoms with Gasteiger partial charge >= 0.3 is 0 Å². The van der Waals surface area contributed by atoms with Crippen molar-refractivity contribution in [3.8, 4) is 0 Å². The Bertz CT molecular complexity index is 294. The average Bonchev–Trinajstić information content (AvgIpc) is 2.88. The minimum absolute atomic E-state index is 0.0290. The van der Waals surface area contributed by atoms with E-state index in [1.165, 1.54) is 19.3 Å². The number of aliphatic hydroxyl groups is 1. The van der Waals surface area contributed by atoms with Gasteiger partial charge in [-0.05, 0) is 43.6 Å². The molecule has 1 aliphatic carbocycles. The van der Waals surface area contributed by atoms with Gasteiger partial charge in [0.1, 0.15) is 0 Å². The second-order valence-corrected chi connectivity index (χ2v) is 6.26. The molecule has 2 aliphatic rings. The summed E-state index contributed by atoms with van der Waals surface area (Å²) in [7, 11) is 0. The first-order chi connectivity index (χ1) is 8.61. The van der Waals surface area contributed by atoms with Crippen LogP contribution in [0.5, 0.6) is 0 Å². The van der Waals surface area contributed by atoms with E-state index in [9.17, 15) is 9.90 Å². The number of nitrogens with one attached hydrogen (secondary N) is 2. The van der Waals surface area contributed by atoms with Crippen LogP contribution >= 0.6 is 0 Å². The fourth-order valence-electron chi connectivity index (χ4n) is 3.51. The van der Waals surface area contributed by atoms with Gasteiger partial charge in [-0.1, -0.05) is 20.3 Å². The molecule has 4 unspecified atom stereocenters. The Morgan fingerprint density at radius 3 is 2.89 bits per heavy atom. The molecule has 0 aromatic carbocycles. The Hall–Kier alpha value is -0.610. The predicted molar refractivity (Wildman–Crippen MR) is 71.1 cm³/mol. The van der Waals surface area contributed by atoms with Gasteiger partial charge in [0.05, 0.1) is 18.7 Å². The van der Waals surface area contributed by atoms with Gasteiger partial charge in [0.15, 0.2) is 0 Å². The molecule has 1 aliphatic heterocycles. The van der Waals surface area contributed by atoms with E-state index < -0.39 is 0 Å².